The second-order valence-corrected chi connectivity index (χ2v) is 9.77. The first-order valence-corrected chi connectivity index (χ1v) is 13.0. The minimum atomic E-state index is -0.418. The molecule has 9 nitrogen and oxygen atoms in total. The number of rotatable bonds is 9. The summed E-state index contributed by atoms with van der Waals surface area (Å²) in [4.78, 5) is 30.5. The van der Waals surface area contributed by atoms with Crippen molar-refractivity contribution in [2.45, 2.75) is 32.4 Å². The summed E-state index contributed by atoms with van der Waals surface area (Å²) in [5.41, 5.74) is 2.33. The summed E-state index contributed by atoms with van der Waals surface area (Å²) in [6, 6.07) is 12.8. The number of hydrazone groups is 1. The molecule has 204 valence electrons. The Kier molecular flexibility index (Phi) is 9.30. The van der Waals surface area contributed by atoms with Crippen molar-refractivity contribution in [2.75, 3.05) is 53.0 Å². The van der Waals surface area contributed by atoms with Crippen LogP contribution < -0.4 is 10.1 Å². The Morgan fingerprint density at radius 1 is 1.18 bits per heavy atom. The lowest BCUT2D eigenvalue weighted by atomic mass is 9.98. The van der Waals surface area contributed by atoms with Gasteiger partial charge in [0.1, 0.15) is 18.1 Å². The van der Waals surface area contributed by atoms with Gasteiger partial charge in [-0.15, -0.1) is 0 Å². The van der Waals surface area contributed by atoms with Crippen LogP contribution in [0, 0.1) is 5.82 Å². The number of morpholine rings is 1. The predicted molar refractivity (Wildman–Crippen MR) is 143 cm³/mol. The van der Waals surface area contributed by atoms with Crippen molar-refractivity contribution < 1.29 is 23.5 Å². The van der Waals surface area contributed by atoms with Gasteiger partial charge in [-0.1, -0.05) is 24.3 Å². The Hall–Kier alpha value is -3.50. The van der Waals surface area contributed by atoms with Crippen molar-refractivity contribution in [3.8, 4) is 5.75 Å². The van der Waals surface area contributed by atoms with Gasteiger partial charge in [0, 0.05) is 44.2 Å². The van der Waals surface area contributed by atoms with E-state index in [0.717, 1.165) is 29.9 Å². The summed E-state index contributed by atoms with van der Waals surface area (Å²) in [5, 5.41) is 9.04. The maximum atomic E-state index is 13.7. The lowest BCUT2D eigenvalue weighted by molar-refractivity contribution is -0.133. The standard InChI is InChI=1S/C28H36FN5O4/c1-20(2)30-28(36)33(12-11-32-13-15-38-16-14-32)19-27(35)34-26(21-7-9-23(29)10-8-21)18-25(31-34)22-5-4-6-24(17-22)37-3/h4-10,17,20,26H,11-16,18-19H2,1-3H3,(H,30,36)/t26-/m0/s1. The third-order valence-electron chi connectivity index (χ3n) is 6.64. The molecule has 38 heavy (non-hydrogen) atoms. The molecule has 0 spiro atoms. The van der Waals surface area contributed by atoms with E-state index in [1.54, 1.807) is 24.1 Å². The molecule has 0 bridgehead atoms. The maximum absolute atomic E-state index is 13.7. The minimum Gasteiger partial charge on any atom is -0.497 e. The van der Waals surface area contributed by atoms with Crippen LogP contribution in [0.2, 0.25) is 0 Å². The third kappa shape index (κ3) is 7.08. The highest BCUT2D eigenvalue weighted by molar-refractivity contribution is 6.03. The fraction of sp³-hybridized carbons (Fsp3) is 0.464. The molecule has 2 aliphatic heterocycles. The zero-order chi connectivity index (χ0) is 27.1. The lowest BCUT2D eigenvalue weighted by Gasteiger charge is -2.31. The SMILES string of the molecule is COc1cccc(C2=NN(C(=O)CN(CCN3CCOCC3)C(=O)NC(C)C)[C@H](c3ccc(F)cc3)C2)c1. The second-order valence-electron chi connectivity index (χ2n) is 9.77. The van der Waals surface area contributed by atoms with E-state index in [1.165, 1.54) is 17.1 Å². The number of hydrogen-bond acceptors (Lipinski definition) is 6. The first kappa shape index (κ1) is 27.5. The molecule has 2 aromatic carbocycles. The summed E-state index contributed by atoms with van der Waals surface area (Å²) in [6.07, 6.45) is 0.455. The molecule has 0 aliphatic carbocycles. The highest BCUT2D eigenvalue weighted by Gasteiger charge is 2.34. The first-order valence-electron chi connectivity index (χ1n) is 13.0. The van der Waals surface area contributed by atoms with Crippen molar-refractivity contribution in [1.82, 2.24) is 20.1 Å². The Bertz CT molecular complexity index is 1130. The Balaban J connectivity index is 1.57. The molecule has 2 aromatic rings. The fourth-order valence-corrected chi connectivity index (χ4v) is 4.58. The Labute approximate surface area is 223 Å². The maximum Gasteiger partial charge on any atom is 0.318 e. The molecule has 1 saturated heterocycles. The molecule has 0 saturated carbocycles. The number of benzene rings is 2. The van der Waals surface area contributed by atoms with Gasteiger partial charge in [0.15, 0.2) is 0 Å². The van der Waals surface area contributed by atoms with Crippen LogP contribution in [0.1, 0.15) is 37.4 Å². The quantitative estimate of drug-likeness (QED) is 0.543. The van der Waals surface area contributed by atoms with Gasteiger partial charge in [-0.2, -0.15) is 5.10 Å². The smallest absolute Gasteiger partial charge is 0.318 e. The largest absolute Gasteiger partial charge is 0.497 e. The monoisotopic (exact) mass is 525 g/mol. The van der Waals surface area contributed by atoms with Crippen LogP contribution in [0.3, 0.4) is 0 Å². The molecular formula is C28H36FN5O4. The number of carbonyl (C=O) groups excluding carboxylic acids is 2. The van der Waals surface area contributed by atoms with Gasteiger partial charge in [0.2, 0.25) is 0 Å². The normalized spacial score (nSPS) is 17.9. The molecule has 4 rings (SSSR count). The van der Waals surface area contributed by atoms with Crippen molar-refractivity contribution >= 4 is 17.6 Å². The second kappa shape index (κ2) is 12.8. The Morgan fingerprint density at radius 2 is 1.92 bits per heavy atom. The average Bonchev–Trinajstić information content (AvgIpc) is 3.37. The van der Waals surface area contributed by atoms with Crippen LogP contribution >= 0.6 is 0 Å². The number of nitrogens with one attached hydrogen (secondary N) is 1. The number of methoxy groups -OCH3 is 1. The van der Waals surface area contributed by atoms with Gasteiger partial charge < -0.3 is 19.7 Å². The summed E-state index contributed by atoms with van der Waals surface area (Å²) < 4.78 is 24.5. The van der Waals surface area contributed by atoms with E-state index in [2.05, 4.69) is 10.2 Å². The molecular weight excluding hydrogens is 489 g/mol. The van der Waals surface area contributed by atoms with Gasteiger partial charge >= 0.3 is 6.03 Å². The van der Waals surface area contributed by atoms with Gasteiger partial charge in [-0.3, -0.25) is 9.69 Å². The number of urea groups is 1. The molecule has 0 radical (unpaired) electrons. The number of hydrogen-bond donors (Lipinski definition) is 1. The van der Waals surface area contributed by atoms with Gasteiger partial charge in [-0.25, -0.2) is 14.2 Å². The summed E-state index contributed by atoms with van der Waals surface area (Å²) >= 11 is 0. The topological polar surface area (TPSA) is 86.7 Å². The van der Waals surface area contributed by atoms with Crippen LogP contribution in [-0.4, -0.2) is 91.5 Å². The first-order chi connectivity index (χ1) is 18.3. The fourth-order valence-electron chi connectivity index (χ4n) is 4.58. The number of ether oxygens (including phenoxy) is 2. The van der Waals surface area contributed by atoms with E-state index in [9.17, 15) is 14.0 Å². The summed E-state index contributed by atoms with van der Waals surface area (Å²) in [6.45, 7) is 7.58. The molecule has 10 heteroatoms. The molecule has 2 heterocycles. The van der Waals surface area contributed by atoms with Crippen molar-refractivity contribution in [1.29, 1.82) is 0 Å². The minimum absolute atomic E-state index is 0.0695. The highest BCUT2D eigenvalue weighted by atomic mass is 19.1. The molecule has 1 N–H and O–H groups in total. The molecule has 1 atom stereocenters. The van der Waals surface area contributed by atoms with Crippen molar-refractivity contribution in [3.63, 3.8) is 0 Å². The zero-order valence-electron chi connectivity index (χ0n) is 22.2. The average molecular weight is 526 g/mol. The van der Waals surface area contributed by atoms with E-state index in [1.807, 2.05) is 38.1 Å². The molecule has 2 aliphatic rings. The predicted octanol–water partition coefficient (Wildman–Crippen LogP) is 3.26. The highest BCUT2D eigenvalue weighted by Crippen LogP contribution is 2.33. The van der Waals surface area contributed by atoms with Crippen molar-refractivity contribution in [3.05, 3.63) is 65.5 Å². The number of nitrogens with zero attached hydrogens (tertiary/aromatic N) is 4. The molecule has 1 fully saturated rings. The van der Waals surface area contributed by atoms with Gasteiger partial charge in [-0.05, 0) is 43.7 Å². The van der Waals surface area contributed by atoms with E-state index in [4.69, 9.17) is 14.6 Å². The zero-order valence-corrected chi connectivity index (χ0v) is 22.2. The summed E-state index contributed by atoms with van der Waals surface area (Å²) in [5.74, 6) is 0.0317. The van der Waals surface area contributed by atoms with E-state index in [0.29, 0.717) is 38.5 Å². The van der Waals surface area contributed by atoms with Crippen LogP contribution in [0.15, 0.2) is 53.6 Å². The van der Waals surface area contributed by atoms with E-state index < -0.39 is 6.04 Å². The number of amides is 3. The third-order valence-corrected chi connectivity index (χ3v) is 6.64. The van der Waals surface area contributed by atoms with Crippen LogP contribution in [0.25, 0.3) is 0 Å². The number of halogens is 1. The molecule has 0 aromatic heterocycles. The van der Waals surface area contributed by atoms with Crippen molar-refractivity contribution in [2.24, 2.45) is 5.10 Å². The van der Waals surface area contributed by atoms with Gasteiger partial charge in [0.05, 0.1) is 32.1 Å². The number of carbonyl (C=O) groups is 2. The van der Waals surface area contributed by atoms with E-state index in [-0.39, 0.29) is 30.3 Å². The molecule has 0 unspecified atom stereocenters. The molecule has 3 amide bonds. The summed E-state index contributed by atoms with van der Waals surface area (Å²) in [7, 11) is 1.60. The Morgan fingerprint density at radius 3 is 2.61 bits per heavy atom. The van der Waals surface area contributed by atoms with Crippen LogP contribution in [0.5, 0.6) is 5.75 Å². The van der Waals surface area contributed by atoms with Gasteiger partial charge in [0.25, 0.3) is 5.91 Å². The van der Waals surface area contributed by atoms with Crippen LogP contribution in [0.4, 0.5) is 9.18 Å². The van der Waals surface area contributed by atoms with E-state index >= 15 is 0 Å². The lowest BCUT2D eigenvalue weighted by Crippen LogP contribution is -2.50. The van der Waals surface area contributed by atoms with Crippen LogP contribution in [-0.2, 0) is 9.53 Å².